The number of hydrogen-bond acceptors (Lipinski definition) is 9. The number of pyridine rings is 1. The van der Waals surface area contributed by atoms with E-state index in [-0.39, 0.29) is 21.6 Å². The zero-order valence-electron chi connectivity index (χ0n) is 18.1. The van der Waals surface area contributed by atoms with Crippen molar-refractivity contribution in [3.63, 3.8) is 0 Å². The van der Waals surface area contributed by atoms with Gasteiger partial charge in [0.25, 0.3) is 0 Å². The van der Waals surface area contributed by atoms with Crippen LogP contribution in [0.3, 0.4) is 0 Å². The van der Waals surface area contributed by atoms with Gasteiger partial charge in [0.05, 0.1) is 48.1 Å². The molecule has 1 aliphatic rings. The van der Waals surface area contributed by atoms with Gasteiger partial charge in [0.15, 0.2) is 23.6 Å². The maximum Gasteiger partial charge on any atom is 0.243 e. The minimum atomic E-state index is 0.0594. The van der Waals surface area contributed by atoms with E-state index in [1.54, 1.807) is 18.5 Å². The maximum atomic E-state index is 11.5. The van der Waals surface area contributed by atoms with Crippen LogP contribution in [0, 0.1) is 0 Å². The highest BCUT2D eigenvalue weighted by Crippen LogP contribution is 2.38. The van der Waals surface area contributed by atoms with Crippen LogP contribution in [0.15, 0.2) is 30.6 Å². The van der Waals surface area contributed by atoms with Crippen LogP contribution in [0.2, 0.25) is 10.0 Å². The number of aromatic nitrogens is 6. The number of halogens is 2. The molecule has 34 heavy (non-hydrogen) atoms. The summed E-state index contributed by atoms with van der Waals surface area (Å²) >= 11 is 13.3. The topological polar surface area (TPSA) is 108 Å². The van der Waals surface area contributed by atoms with Gasteiger partial charge in [-0.1, -0.05) is 23.2 Å². The summed E-state index contributed by atoms with van der Waals surface area (Å²) in [5.74, 6) is 1.22. The Morgan fingerprint density at radius 1 is 1.21 bits per heavy atom. The van der Waals surface area contributed by atoms with Crippen LogP contribution in [0.4, 0.5) is 0 Å². The largest absolute Gasteiger partial charge is 0.479 e. The number of carbonyl (C=O) groups is 1. The molecule has 1 fully saturated rings. The lowest BCUT2D eigenvalue weighted by Crippen LogP contribution is -2.36. The van der Waals surface area contributed by atoms with E-state index >= 15 is 0 Å². The van der Waals surface area contributed by atoms with E-state index in [1.807, 2.05) is 16.7 Å². The molecule has 4 aromatic rings. The molecule has 5 rings (SSSR count). The fraction of sp³-hybridized carbons (Fsp3) is 0.273. The van der Waals surface area contributed by atoms with Gasteiger partial charge in [-0.25, -0.2) is 9.97 Å². The Morgan fingerprint density at radius 2 is 2.03 bits per heavy atom. The van der Waals surface area contributed by atoms with E-state index in [0.717, 1.165) is 18.7 Å². The lowest BCUT2D eigenvalue weighted by atomic mass is 10.2. The number of carbonyl (C=O) groups excluding carboxylic acids is 1. The van der Waals surface area contributed by atoms with E-state index in [1.165, 1.54) is 7.11 Å². The second kappa shape index (κ2) is 9.59. The standard InChI is InChI=1S/C22H19Cl2N7O3/c1-33-22-16(12-32)26-15-9-14(23)18(24)20(19(15)27-22)31-17(11-30-5-7-34-8-6-30)28-29-21(31)13-3-2-4-25-10-13/h2-4,9-10,12H,5-8,11H2,1H3. The molecule has 1 saturated heterocycles. The van der Waals surface area contributed by atoms with Crippen LogP contribution in [0.5, 0.6) is 5.88 Å². The average Bonchev–Trinajstić information content (AvgIpc) is 3.28. The molecule has 174 valence electrons. The summed E-state index contributed by atoms with van der Waals surface area (Å²) in [6, 6.07) is 5.26. The van der Waals surface area contributed by atoms with Gasteiger partial charge in [0.1, 0.15) is 5.52 Å². The molecule has 3 aromatic heterocycles. The Bertz CT molecular complexity index is 1360. The zero-order chi connectivity index (χ0) is 23.7. The summed E-state index contributed by atoms with van der Waals surface area (Å²) in [5.41, 5.74) is 2.01. The van der Waals surface area contributed by atoms with Gasteiger partial charge in [0.2, 0.25) is 5.88 Å². The van der Waals surface area contributed by atoms with Crippen molar-refractivity contribution in [2.24, 2.45) is 0 Å². The Morgan fingerprint density at radius 3 is 2.74 bits per heavy atom. The number of fused-ring (bicyclic) bond motifs is 1. The van der Waals surface area contributed by atoms with Gasteiger partial charge in [-0.3, -0.25) is 19.2 Å². The summed E-state index contributed by atoms with van der Waals surface area (Å²) in [4.78, 5) is 26.9. The Hall–Kier alpha value is -3.18. The predicted octanol–water partition coefficient (Wildman–Crippen LogP) is 3.23. The van der Waals surface area contributed by atoms with Crippen molar-refractivity contribution in [1.29, 1.82) is 0 Å². The molecule has 0 saturated carbocycles. The molecule has 12 heteroatoms. The Labute approximate surface area is 204 Å². The molecule has 0 unspecified atom stereocenters. The van der Waals surface area contributed by atoms with Crippen molar-refractivity contribution in [3.05, 3.63) is 52.2 Å². The smallest absolute Gasteiger partial charge is 0.243 e. The minimum absolute atomic E-state index is 0.0594. The third-order valence-electron chi connectivity index (χ3n) is 5.47. The normalized spacial score (nSPS) is 14.4. The quantitative estimate of drug-likeness (QED) is 0.369. The van der Waals surface area contributed by atoms with E-state index < -0.39 is 0 Å². The summed E-state index contributed by atoms with van der Waals surface area (Å²) in [5, 5.41) is 9.44. The number of ether oxygens (including phenoxy) is 2. The van der Waals surface area contributed by atoms with Crippen molar-refractivity contribution in [2.75, 3.05) is 33.4 Å². The number of rotatable bonds is 6. The van der Waals surface area contributed by atoms with Crippen molar-refractivity contribution in [3.8, 4) is 23.0 Å². The molecular formula is C22H19Cl2N7O3. The predicted molar refractivity (Wildman–Crippen MR) is 126 cm³/mol. The van der Waals surface area contributed by atoms with Crippen LogP contribution in [-0.4, -0.2) is 74.3 Å². The molecule has 0 bridgehead atoms. The molecule has 10 nitrogen and oxygen atoms in total. The Kier molecular flexibility index (Phi) is 6.38. The molecule has 0 spiro atoms. The highest BCUT2D eigenvalue weighted by atomic mass is 35.5. The van der Waals surface area contributed by atoms with Crippen molar-refractivity contribution >= 4 is 40.5 Å². The molecular weight excluding hydrogens is 481 g/mol. The van der Waals surface area contributed by atoms with Crippen LogP contribution >= 0.6 is 23.2 Å². The van der Waals surface area contributed by atoms with Gasteiger partial charge in [0, 0.05) is 31.0 Å². The molecule has 4 heterocycles. The SMILES string of the molecule is COc1nc2c(-n3c(CN4CCOCC4)nnc3-c3cccnc3)c(Cl)c(Cl)cc2nc1C=O. The molecule has 1 aliphatic heterocycles. The molecule has 0 radical (unpaired) electrons. The van der Waals surface area contributed by atoms with Crippen molar-refractivity contribution < 1.29 is 14.3 Å². The van der Waals surface area contributed by atoms with E-state index in [4.69, 9.17) is 32.7 Å². The van der Waals surface area contributed by atoms with Crippen LogP contribution < -0.4 is 4.74 Å². The van der Waals surface area contributed by atoms with Crippen LogP contribution in [0.1, 0.15) is 16.3 Å². The van der Waals surface area contributed by atoms with Gasteiger partial charge in [-0.15, -0.1) is 10.2 Å². The second-order valence-electron chi connectivity index (χ2n) is 7.53. The lowest BCUT2D eigenvalue weighted by Gasteiger charge is -2.26. The summed E-state index contributed by atoms with van der Waals surface area (Å²) < 4.78 is 12.6. The third kappa shape index (κ3) is 4.09. The average molecular weight is 500 g/mol. The number of methoxy groups -OCH3 is 1. The molecule has 0 aliphatic carbocycles. The number of benzene rings is 1. The molecule has 0 N–H and O–H groups in total. The van der Waals surface area contributed by atoms with E-state index in [2.05, 4.69) is 30.0 Å². The summed E-state index contributed by atoms with van der Waals surface area (Å²) in [6.07, 6.45) is 3.95. The lowest BCUT2D eigenvalue weighted by molar-refractivity contribution is 0.0328. The highest BCUT2D eigenvalue weighted by molar-refractivity contribution is 6.44. The second-order valence-corrected chi connectivity index (χ2v) is 8.32. The molecule has 1 aromatic carbocycles. The summed E-state index contributed by atoms with van der Waals surface area (Å²) in [6.45, 7) is 3.30. The first-order chi connectivity index (χ1) is 16.6. The Balaban J connectivity index is 1.79. The van der Waals surface area contributed by atoms with Gasteiger partial charge < -0.3 is 9.47 Å². The van der Waals surface area contributed by atoms with Gasteiger partial charge in [-0.05, 0) is 18.2 Å². The number of aldehydes is 1. The third-order valence-corrected chi connectivity index (χ3v) is 6.25. The monoisotopic (exact) mass is 499 g/mol. The van der Waals surface area contributed by atoms with Crippen LogP contribution in [0.25, 0.3) is 28.1 Å². The van der Waals surface area contributed by atoms with Gasteiger partial charge >= 0.3 is 0 Å². The first-order valence-electron chi connectivity index (χ1n) is 10.4. The fourth-order valence-electron chi connectivity index (χ4n) is 3.85. The maximum absolute atomic E-state index is 11.5. The first kappa shape index (κ1) is 22.6. The first-order valence-corrected chi connectivity index (χ1v) is 11.2. The summed E-state index contributed by atoms with van der Waals surface area (Å²) in [7, 11) is 1.42. The van der Waals surface area contributed by atoms with Crippen LogP contribution in [-0.2, 0) is 11.3 Å². The molecule has 0 atom stereocenters. The number of nitrogens with zero attached hydrogens (tertiary/aromatic N) is 7. The fourth-order valence-corrected chi connectivity index (χ4v) is 4.27. The van der Waals surface area contributed by atoms with E-state index in [9.17, 15) is 4.79 Å². The number of hydrogen-bond donors (Lipinski definition) is 0. The molecule has 0 amide bonds. The van der Waals surface area contributed by atoms with Crippen molar-refractivity contribution in [1.82, 2.24) is 34.6 Å². The highest BCUT2D eigenvalue weighted by Gasteiger charge is 2.25. The zero-order valence-corrected chi connectivity index (χ0v) is 19.6. The van der Waals surface area contributed by atoms with E-state index in [0.29, 0.717) is 54.4 Å². The number of morpholine rings is 1. The van der Waals surface area contributed by atoms with Gasteiger partial charge in [-0.2, -0.15) is 0 Å². The minimum Gasteiger partial charge on any atom is -0.479 e. The van der Waals surface area contributed by atoms with Crippen molar-refractivity contribution in [2.45, 2.75) is 6.54 Å².